The van der Waals surface area contributed by atoms with Crippen LogP contribution < -0.4 is 5.32 Å². The van der Waals surface area contributed by atoms with Crippen LogP contribution in [0.25, 0.3) is 10.9 Å². The van der Waals surface area contributed by atoms with Gasteiger partial charge in [0.2, 0.25) is 0 Å². The zero-order valence-electron chi connectivity index (χ0n) is 15.8. The van der Waals surface area contributed by atoms with E-state index in [1.54, 1.807) is 11.1 Å². The number of hydrogen-bond acceptors (Lipinski definition) is 2. The topological polar surface area (TPSA) is 40.7 Å². The van der Waals surface area contributed by atoms with Gasteiger partial charge in [-0.3, -0.25) is 4.98 Å². The van der Waals surface area contributed by atoms with E-state index in [0.29, 0.717) is 0 Å². The maximum absolute atomic E-state index is 4.68. The Morgan fingerprint density at radius 2 is 2.00 bits per heavy atom. The van der Waals surface area contributed by atoms with Crippen molar-refractivity contribution in [2.75, 3.05) is 6.54 Å². The average molecular weight is 348 g/mol. The standard InChI is InChI=1S/C23H29N3/c1-2-21-20(19-10-5-6-11-23(19)26-21)16-24-14-7-12-22-18-9-4-3-8-17(18)13-15-25-22/h5-6,10-11,13,15,24,26H,2-4,7-9,12,14,16H2,1H3. The van der Waals surface area contributed by atoms with Gasteiger partial charge in [-0.05, 0) is 80.3 Å². The van der Waals surface area contributed by atoms with E-state index in [1.165, 1.54) is 53.5 Å². The number of benzene rings is 1. The minimum absolute atomic E-state index is 0.938. The molecule has 0 saturated heterocycles. The summed E-state index contributed by atoms with van der Waals surface area (Å²) in [6.07, 6.45) is 10.4. The van der Waals surface area contributed by atoms with Crippen LogP contribution in [-0.2, 0) is 32.2 Å². The first-order valence-corrected chi connectivity index (χ1v) is 10.1. The smallest absolute Gasteiger partial charge is 0.0459 e. The molecule has 1 aliphatic rings. The van der Waals surface area contributed by atoms with Crippen molar-refractivity contribution < 1.29 is 0 Å². The zero-order chi connectivity index (χ0) is 17.8. The van der Waals surface area contributed by atoms with E-state index in [4.69, 9.17) is 0 Å². The molecule has 1 aliphatic carbocycles. The first-order chi connectivity index (χ1) is 12.9. The Morgan fingerprint density at radius 3 is 2.92 bits per heavy atom. The minimum atomic E-state index is 0.938. The molecule has 2 aromatic heterocycles. The third-order valence-corrected chi connectivity index (χ3v) is 5.69. The van der Waals surface area contributed by atoms with Gasteiger partial charge in [0.25, 0.3) is 0 Å². The Hall–Kier alpha value is -2.13. The molecule has 1 aromatic carbocycles. The van der Waals surface area contributed by atoms with Gasteiger partial charge in [-0.2, -0.15) is 0 Å². The number of nitrogens with one attached hydrogen (secondary N) is 2. The van der Waals surface area contributed by atoms with E-state index in [-0.39, 0.29) is 0 Å². The summed E-state index contributed by atoms with van der Waals surface area (Å²) in [5.74, 6) is 0. The fourth-order valence-corrected chi connectivity index (χ4v) is 4.31. The van der Waals surface area contributed by atoms with Crippen LogP contribution >= 0.6 is 0 Å². The summed E-state index contributed by atoms with van der Waals surface area (Å²) >= 11 is 0. The minimum Gasteiger partial charge on any atom is -0.358 e. The van der Waals surface area contributed by atoms with E-state index >= 15 is 0 Å². The second-order valence-electron chi connectivity index (χ2n) is 7.36. The highest BCUT2D eigenvalue weighted by atomic mass is 14.9. The lowest BCUT2D eigenvalue weighted by Crippen LogP contribution is -2.17. The van der Waals surface area contributed by atoms with Crippen LogP contribution in [0, 0.1) is 0 Å². The third kappa shape index (κ3) is 3.54. The Bertz CT molecular complexity index is 878. The summed E-state index contributed by atoms with van der Waals surface area (Å²) in [7, 11) is 0. The molecule has 26 heavy (non-hydrogen) atoms. The lowest BCUT2D eigenvalue weighted by molar-refractivity contribution is 0.629. The number of rotatable bonds is 7. The Labute approximate surface area is 156 Å². The predicted molar refractivity (Wildman–Crippen MR) is 109 cm³/mol. The van der Waals surface area contributed by atoms with Crippen molar-refractivity contribution in [3.05, 3.63) is 64.6 Å². The molecule has 3 aromatic rings. The van der Waals surface area contributed by atoms with Gasteiger partial charge < -0.3 is 10.3 Å². The van der Waals surface area contributed by atoms with Crippen molar-refractivity contribution in [1.29, 1.82) is 0 Å². The van der Waals surface area contributed by atoms with E-state index in [9.17, 15) is 0 Å². The lowest BCUT2D eigenvalue weighted by Gasteiger charge is -2.18. The Kier molecular flexibility index (Phi) is 5.35. The number of pyridine rings is 1. The number of nitrogens with zero attached hydrogens (tertiary/aromatic N) is 1. The summed E-state index contributed by atoms with van der Waals surface area (Å²) in [4.78, 5) is 8.24. The van der Waals surface area contributed by atoms with Crippen LogP contribution in [0.15, 0.2) is 36.5 Å². The molecule has 0 spiro atoms. The van der Waals surface area contributed by atoms with Crippen LogP contribution in [0.2, 0.25) is 0 Å². The maximum Gasteiger partial charge on any atom is 0.0459 e. The molecule has 3 nitrogen and oxygen atoms in total. The quantitative estimate of drug-likeness (QED) is 0.607. The molecule has 2 N–H and O–H groups in total. The van der Waals surface area contributed by atoms with Gasteiger partial charge in [0.05, 0.1) is 0 Å². The molecule has 136 valence electrons. The number of aryl methyl sites for hydroxylation is 3. The van der Waals surface area contributed by atoms with Crippen molar-refractivity contribution in [2.24, 2.45) is 0 Å². The van der Waals surface area contributed by atoms with Gasteiger partial charge in [-0.15, -0.1) is 0 Å². The Balaban J connectivity index is 1.34. The molecule has 0 unspecified atom stereocenters. The van der Waals surface area contributed by atoms with Gasteiger partial charge in [0, 0.05) is 35.0 Å². The molecule has 0 atom stereocenters. The fraction of sp³-hybridized carbons (Fsp3) is 0.435. The SMILES string of the molecule is CCc1[nH]c2ccccc2c1CNCCCc1nccc2c1CCCC2. The van der Waals surface area contributed by atoms with Gasteiger partial charge in [-0.25, -0.2) is 0 Å². The molecular formula is C23H29N3. The average Bonchev–Trinajstić information content (AvgIpc) is 3.05. The first-order valence-electron chi connectivity index (χ1n) is 10.1. The van der Waals surface area contributed by atoms with E-state index in [2.05, 4.69) is 52.5 Å². The van der Waals surface area contributed by atoms with Crippen LogP contribution in [0.1, 0.15) is 54.3 Å². The van der Waals surface area contributed by atoms with Gasteiger partial charge in [0.15, 0.2) is 0 Å². The number of H-pyrrole nitrogens is 1. The van der Waals surface area contributed by atoms with Crippen molar-refractivity contribution in [2.45, 2.75) is 58.4 Å². The summed E-state index contributed by atoms with van der Waals surface area (Å²) in [6, 6.07) is 10.8. The highest BCUT2D eigenvalue weighted by Crippen LogP contribution is 2.24. The first kappa shape index (κ1) is 17.3. The molecule has 0 saturated carbocycles. The lowest BCUT2D eigenvalue weighted by atomic mass is 9.90. The summed E-state index contributed by atoms with van der Waals surface area (Å²) in [6.45, 7) is 4.19. The summed E-state index contributed by atoms with van der Waals surface area (Å²) in [5, 5.41) is 5.01. The number of aromatic amines is 1. The van der Waals surface area contributed by atoms with Crippen molar-refractivity contribution in [1.82, 2.24) is 15.3 Å². The maximum atomic E-state index is 4.68. The van der Waals surface area contributed by atoms with E-state index < -0.39 is 0 Å². The van der Waals surface area contributed by atoms with Gasteiger partial charge >= 0.3 is 0 Å². The van der Waals surface area contributed by atoms with Gasteiger partial charge in [-0.1, -0.05) is 25.1 Å². The van der Waals surface area contributed by atoms with E-state index in [0.717, 1.165) is 32.4 Å². The third-order valence-electron chi connectivity index (χ3n) is 5.69. The zero-order valence-corrected chi connectivity index (χ0v) is 15.8. The molecule has 3 heteroatoms. The fourth-order valence-electron chi connectivity index (χ4n) is 4.31. The molecule has 0 fully saturated rings. The van der Waals surface area contributed by atoms with Crippen LogP contribution in [0.5, 0.6) is 0 Å². The van der Waals surface area contributed by atoms with Crippen LogP contribution in [0.4, 0.5) is 0 Å². The number of hydrogen-bond donors (Lipinski definition) is 2. The van der Waals surface area contributed by atoms with Gasteiger partial charge in [0.1, 0.15) is 0 Å². The molecule has 0 aliphatic heterocycles. The van der Waals surface area contributed by atoms with Crippen molar-refractivity contribution in [3.8, 4) is 0 Å². The molecule has 0 radical (unpaired) electrons. The van der Waals surface area contributed by atoms with Crippen molar-refractivity contribution in [3.63, 3.8) is 0 Å². The highest BCUT2D eigenvalue weighted by molar-refractivity contribution is 5.84. The van der Waals surface area contributed by atoms with E-state index in [1.807, 2.05) is 6.20 Å². The Morgan fingerprint density at radius 1 is 1.12 bits per heavy atom. The second kappa shape index (κ2) is 8.05. The van der Waals surface area contributed by atoms with Crippen LogP contribution in [0.3, 0.4) is 0 Å². The predicted octanol–water partition coefficient (Wildman–Crippen LogP) is 4.73. The monoisotopic (exact) mass is 347 g/mol. The largest absolute Gasteiger partial charge is 0.358 e. The molecule has 4 rings (SSSR count). The molecular weight excluding hydrogens is 318 g/mol. The molecule has 0 bridgehead atoms. The number of para-hydroxylation sites is 1. The number of fused-ring (bicyclic) bond motifs is 2. The highest BCUT2D eigenvalue weighted by Gasteiger charge is 2.13. The molecule has 0 amide bonds. The van der Waals surface area contributed by atoms with Crippen LogP contribution in [-0.4, -0.2) is 16.5 Å². The second-order valence-corrected chi connectivity index (χ2v) is 7.36. The van der Waals surface area contributed by atoms with Crippen molar-refractivity contribution >= 4 is 10.9 Å². The summed E-state index contributed by atoms with van der Waals surface area (Å²) in [5.41, 5.74) is 8.46. The normalized spacial score (nSPS) is 13.9. The molecule has 2 heterocycles. The number of aromatic nitrogens is 2. The summed E-state index contributed by atoms with van der Waals surface area (Å²) < 4.78 is 0.